The molecule has 2 aromatic heterocycles. The molecule has 2 aromatic rings. The molecule has 1 saturated carbocycles. The van der Waals surface area contributed by atoms with Gasteiger partial charge in [-0.15, -0.1) is 11.3 Å². The Hall–Kier alpha value is -1.69. The monoisotopic (exact) mass is 290 g/mol. The average molecular weight is 290 g/mol. The minimum atomic E-state index is 0.0615. The van der Waals surface area contributed by atoms with Gasteiger partial charge in [0.15, 0.2) is 0 Å². The molecule has 2 heterocycles. The van der Waals surface area contributed by atoms with Gasteiger partial charge in [0, 0.05) is 18.0 Å². The van der Waals surface area contributed by atoms with Crippen molar-refractivity contribution in [3.63, 3.8) is 0 Å². The van der Waals surface area contributed by atoms with Crippen LogP contribution in [0.2, 0.25) is 0 Å². The Morgan fingerprint density at radius 2 is 2.20 bits per heavy atom. The number of nitrogens with zero attached hydrogens (tertiary/aromatic N) is 3. The van der Waals surface area contributed by atoms with E-state index in [0.717, 1.165) is 28.9 Å². The second-order valence-corrected chi connectivity index (χ2v) is 6.56. The van der Waals surface area contributed by atoms with E-state index in [0.29, 0.717) is 12.6 Å². The number of thiophene rings is 1. The molecule has 1 fully saturated rings. The molecule has 0 radical (unpaired) electrons. The molecule has 0 aliphatic heterocycles. The Balaban J connectivity index is 1.86. The summed E-state index contributed by atoms with van der Waals surface area (Å²) in [4.78, 5) is 24.7. The highest BCUT2D eigenvalue weighted by Gasteiger charge is 2.24. The first-order valence-electron chi connectivity index (χ1n) is 6.77. The van der Waals surface area contributed by atoms with Gasteiger partial charge in [-0.1, -0.05) is 0 Å². The van der Waals surface area contributed by atoms with Crippen molar-refractivity contribution in [3.05, 3.63) is 16.8 Å². The van der Waals surface area contributed by atoms with E-state index in [1.807, 2.05) is 11.9 Å². The lowest BCUT2D eigenvalue weighted by molar-refractivity contribution is -0.119. The maximum Gasteiger partial charge on any atom is 0.239 e. The predicted octanol–water partition coefficient (Wildman–Crippen LogP) is 2.02. The lowest BCUT2D eigenvalue weighted by Crippen LogP contribution is -2.36. The number of aromatic nitrogens is 2. The number of amides is 1. The largest absolute Gasteiger partial charge is 0.352 e. The standard InChI is InChI=1S/C14H18N4OS/c1-8-9(2)20-14-12(8)13(15-7-16-14)18(3)6-11(19)17-10-4-5-10/h7,10H,4-6H2,1-3H3,(H,17,19). The van der Waals surface area contributed by atoms with Crippen molar-refractivity contribution in [3.8, 4) is 0 Å². The van der Waals surface area contributed by atoms with E-state index < -0.39 is 0 Å². The van der Waals surface area contributed by atoms with Gasteiger partial charge in [-0.25, -0.2) is 9.97 Å². The molecule has 0 aromatic carbocycles. The summed E-state index contributed by atoms with van der Waals surface area (Å²) in [6.07, 6.45) is 3.79. The zero-order chi connectivity index (χ0) is 14.3. The van der Waals surface area contributed by atoms with Crippen LogP contribution < -0.4 is 10.2 Å². The summed E-state index contributed by atoms with van der Waals surface area (Å²) in [7, 11) is 1.90. The van der Waals surface area contributed by atoms with E-state index in [-0.39, 0.29) is 5.91 Å². The molecule has 0 saturated heterocycles. The smallest absolute Gasteiger partial charge is 0.239 e. The van der Waals surface area contributed by atoms with Crippen LogP contribution in [-0.4, -0.2) is 35.5 Å². The van der Waals surface area contributed by atoms with E-state index >= 15 is 0 Å². The molecule has 0 spiro atoms. The summed E-state index contributed by atoms with van der Waals surface area (Å²) in [6, 6.07) is 0.395. The van der Waals surface area contributed by atoms with Crippen LogP contribution in [0, 0.1) is 13.8 Å². The zero-order valence-electron chi connectivity index (χ0n) is 11.9. The highest BCUT2D eigenvalue weighted by Crippen LogP contribution is 2.33. The van der Waals surface area contributed by atoms with Crippen molar-refractivity contribution in [1.82, 2.24) is 15.3 Å². The topological polar surface area (TPSA) is 58.1 Å². The summed E-state index contributed by atoms with van der Waals surface area (Å²) in [5.41, 5.74) is 1.20. The van der Waals surface area contributed by atoms with Crippen LogP contribution >= 0.6 is 11.3 Å². The number of carbonyl (C=O) groups is 1. The quantitative estimate of drug-likeness (QED) is 0.936. The number of rotatable bonds is 4. The van der Waals surface area contributed by atoms with E-state index in [1.54, 1.807) is 17.7 Å². The average Bonchev–Trinajstić information content (AvgIpc) is 3.16. The minimum absolute atomic E-state index is 0.0615. The Morgan fingerprint density at radius 3 is 2.90 bits per heavy atom. The molecule has 20 heavy (non-hydrogen) atoms. The third kappa shape index (κ3) is 2.47. The Kier molecular flexibility index (Phi) is 3.33. The van der Waals surface area contributed by atoms with E-state index in [1.165, 1.54) is 10.4 Å². The van der Waals surface area contributed by atoms with Crippen LogP contribution in [0.5, 0.6) is 0 Å². The fraction of sp³-hybridized carbons (Fsp3) is 0.500. The molecule has 0 atom stereocenters. The lowest BCUT2D eigenvalue weighted by atomic mass is 10.2. The molecule has 106 valence electrons. The molecular weight excluding hydrogens is 272 g/mol. The number of carbonyl (C=O) groups excluding carboxylic acids is 1. The van der Waals surface area contributed by atoms with Crippen molar-refractivity contribution in [2.45, 2.75) is 32.7 Å². The summed E-state index contributed by atoms with van der Waals surface area (Å²) in [5.74, 6) is 0.897. The molecule has 3 rings (SSSR count). The first kappa shape index (κ1) is 13.3. The fourth-order valence-electron chi connectivity index (χ4n) is 2.24. The highest BCUT2D eigenvalue weighted by molar-refractivity contribution is 7.18. The lowest BCUT2D eigenvalue weighted by Gasteiger charge is -2.18. The van der Waals surface area contributed by atoms with E-state index in [9.17, 15) is 4.79 Å². The molecular formula is C14H18N4OS. The fourth-order valence-corrected chi connectivity index (χ4v) is 3.24. The normalized spacial score (nSPS) is 14.6. The van der Waals surface area contributed by atoms with Crippen molar-refractivity contribution < 1.29 is 4.79 Å². The van der Waals surface area contributed by atoms with Gasteiger partial charge in [0.25, 0.3) is 0 Å². The number of nitrogens with one attached hydrogen (secondary N) is 1. The SMILES string of the molecule is Cc1sc2ncnc(N(C)CC(=O)NC3CC3)c2c1C. The van der Waals surface area contributed by atoms with Gasteiger partial charge in [-0.3, -0.25) is 4.79 Å². The van der Waals surface area contributed by atoms with Gasteiger partial charge >= 0.3 is 0 Å². The highest BCUT2D eigenvalue weighted by atomic mass is 32.1. The van der Waals surface area contributed by atoms with Crippen molar-refractivity contribution in [2.75, 3.05) is 18.5 Å². The van der Waals surface area contributed by atoms with Crippen LogP contribution in [0.15, 0.2) is 6.33 Å². The van der Waals surface area contributed by atoms with Crippen molar-refractivity contribution >= 4 is 33.3 Å². The van der Waals surface area contributed by atoms with Gasteiger partial charge in [0.1, 0.15) is 17.0 Å². The maximum atomic E-state index is 11.9. The number of likely N-dealkylation sites (N-methyl/N-ethyl adjacent to an activating group) is 1. The third-order valence-electron chi connectivity index (χ3n) is 3.63. The molecule has 1 N–H and O–H groups in total. The molecule has 0 bridgehead atoms. The predicted molar refractivity (Wildman–Crippen MR) is 81.3 cm³/mol. The van der Waals surface area contributed by atoms with Gasteiger partial charge in [-0.2, -0.15) is 0 Å². The van der Waals surface area contributed by atoms with E-state index in [2.05, 4.69) is 29.1 Å². The Morgan fingerprint density at radius 1 is 1.45 bits per heavy atom. The number of fused-ring (bicyclic) bond motifs is 1. The van der Waals surface area contributed by atoms with Crippen LogP contribution in [-0.2, 0) is 4.79 Å². The molecule has 1 aliphatic carbocycles. The van der Waals surface area contributed by atoms with Gasteiger partial charge < -0.3 is 10.2 Å². The van der Waals surface area contributed by atoms with Crippen LogP contribution in [0.3, 0.4) is 0 Å². The van der Waals surface area contributed by atoms with Gasteiger partial charge in [0.2, 0.25) is 5.91 Å². The first-order valence-corrected chi connectivity index (χ1v) is 7.59. The van der Waals surface area contributed by atoms with Crippen molar-refractivity contribution in [2.24, 2.45) is 0 Å². The number of aryl methyl sites for hydroxylation is 2. The van der Waals surface area contributed by atoms with Gasteiger partial charge in [0.05, 0.1) is 11.9 Å². The van der Waals surface area contributed by atoms with Crippen molar-refractivity contribution in [1.29, 1.82) is 0 Å². The summed E-state index contributed by atoms with van der Waals surface area (Å²) < 4.78 is 0. The molecule has 1 amide bonds. The third-order valence-corrected chi connectivity index (χ3v) is 4.75. The van der Waals surface area contributed by atoms with Gasteiger partial charge in [-0.05, 0) is 32.3 Å². The number of anilines is 1. The molecule has 6 heteroatoms. The molecule has 5 nitrogen and oxygen atoms in total. The summed E-state index contributed by atoms with van der Waals surface area (Å²) >= 11 is 1.67. The summed E-state index contributed by atoms with van der Waals surface area (Å²) in [5, 5.41) is 4.07. The van der Waals surface area contributed by atoms with Crippen LogP contribution in [0.4, 0.5) is 5.82 Å². The molecule has 1 aliphatic rings. The zero-order valence-corrected chi connectivity index (χ0v) is 12.8. The van der Waals surface area contributed by atoms with E-state index in [4.69, 9.17) is 0 Å². The summed E-state index contributed by atoms with van der Waals surface area (Å²) in [6.45, 7) is 4.50. The molecule has 0 unspecified atom stereocenters. The second kappa shape index (κ2) is 5.01. The minimum Gasteiger partial charge on any atom is -0.352 e. The Bertz CT molecular complexity index is 662. The first-order chi connectivity index (χ1) is 9.56. The Labute approximate surface area is 122 Å². The number of hydrogen-bond acceptors (Lipinski definition) is 5. The maximum absolute atomic E-state index is 11.9. The second-order valence-electron chi connectivity index (χ2n) is 5.36. The number of hydrogen-bond donors (Lipinski definition) is 1. The van der Waals surface area contributed by atoms with Crippen LogP contribution in [0.25, 0.3) is 10.2 Å². The van der Waals surface area contributed by atoms with Crippen LogP contribution in [0.1, 0.15) is 23.3 Å².